The van der Waals surface area contributed by atoms with E-state index in [9.17, 15) is 5.26 Å². The first-order chi connectivity index (χ1) is 20.6. The van der Waals surface area contributed by atoms with Crippen LogP contribution < -0.4 is 4.90 Å². The van der Waals surface area contributed by atoms with Crippen molar-refractivity contribution in [1.82, 2.24) is 14.9 Å². The molecule has 2 heterocycles. The Morgan fingerprint density at radius 3 is 2.30 bits per heavy atom. The van der Waals surface area contributed by atoms with Gasteiger partial charge in [0.05, 0.1) is 6.07 Å². The van der Waals surface area contributed by atoms with Crippen LogP contribution in [-0.4, -0.2) is 48.9 Å². The lowest BCUT2D eigenvalue weighted by Crippen LogP contribution is -2.50. The summed E-state index contributed by atoms with van der Waals surface area (Å²) < 4.78 is 6.49. The summed E-state index contributed by atoms with van der Waals surface area (Å²) in [5, 5.41) is 10.2. The summed E-state index contributed by atoms with van der Waals surface area (Å²) in [6, 6.07) is 18.5. The third kappa shape index (κ3) is 7.09. The molecule has 1 aliphatic heterocycles. The molecule has 1 aromatic heterocycles. The summed E-state index contributed by atoms with van der Waals surface area (Å²) in [6.45, 7) is 15.4. The van der Waals surface area contributed by atoms with Crippen LogP contribution in [0.5, 0.6) is 0 Å². The maximum absolute atomic E-state index is 10.2. The zero-order valence-corrected chi connectivity index (χ0v) is 28.3. The molecule has 1 atom stereocenters. The summed E-state index contributed by atoms with van der Waals surface area (Å²) >= 11 is 0. The van der Waals surface area contributed by atoms with E-state index in [1.165, 1.54) is 39.8 Å². The van der Waals surface area contributed by atoms with Gasteiger partial charge in [0, 0.05) is 55.3 Å². The topological polar surface area (TPSA) is 65.3 Å². The fourth-order valence-corrected chi connectivity index (χ4v) is 8.54. The first-order valence-corrected chi connectivity index (χ1v) is 19.6. The van der Waals surface area contributed by atoms with E-state index >= 15 is 0 Å². The number of aryl methyl sites for hydroxylation is 4. The molecule has 0 radical (unpaired) electrons. The monoisotopic (exact) mass is 611 g/mol. The van der Waals surface area contributed by atoms with Gasteiger partial charge >= 0.3 is 0 Å². The van der Waals surface area contributed by atoms with E-state index in [1.807, 2.05) is 0 Å². The van der Waals surface area contributed by atoms with E-state index in [0.717, 1.165) is 62.7 Å². The first kappa shape index (κ1) is 33.8. The van der Waals surface area contributed by atoms with Gasteiger partial charge in [-0.2, -0.15) is 5.26 Å². The molecule has 5 rings (SSSR count). The number of anilines is 1. The van der Waals surface area contributed by atoms with Crippen molar-refractivity contribution < 1.29 is 4.43 Å². The minimum atomic E-state index is -1.88. The second kappa shape index (κ2) is 13.9. The average Bonchev–Trinajstić information content (AvgIpc) is 3.00. The zero-order chi connectivity index (χ0) is 30.8. The van der Waals surface area contributed by atoms with E-state index < -0.39 is 13.9 Å². The van der Waals surface area contributed by atoms with Gasteiger partial charge in [0.15, 0.2) is 14.1 Å². The van der Waals surface area contributed by atoms with Gasteiger partial charge in [-0.15, -0.1) is 0 Å². The van der Waals surface area contributed by atoms with E-state index in [4.69, 9.17) is 14.4 Å². The Bertz CT molecular complexity index is 1460. The maximum atomic E-state index is 10.2. The molecular formula is C37H53N5OSi. The number of benzene rings is 2. The highest BCUT2D eigenvalue weighted by atomic mass is 28.4. The number of piperidine rings is 1. The molecule has 0 spiro atoms. The van der Waals surface area contributed by atoms with Gasteiger partial charge in [0.25, 0.3) is 0 Å². The molecule has 1 saturated heterocycles. The van der Waals surface area contributed by atoms with Crippen LogP contribution in [0.2, 0.25) is 19.6 Å². The summed E-state index contributed by atoms with van der Waals surface area (Å²) in [7, 11) is 0.377. The summed E-state index contributed by atoms with van der Waals surface area (Å²) in [5.41, 5.74) is 8.22. The Balaban J connectivity index is 0.00000442. The molecule has 0 saturated carbocycles. The highest BCUT2D eigenvalue weighted by molar-refractivity contribution is 6.69. The summed E-state index contributed by atoms with van der Waals surface area (Å²) in [5.74, 6) is 1.85. The quantitative estimate of drug-likeness (QED) is 0.226. The Morgan fingerprint density at radius 1 is 1.02 bits per heavy atom. The standard InChI is InChI=1S/C36H49N5OSi.CH4/c1-8-27-15-12-16-28(9-2)33(27)34-38-26(3)31(24-40(4)32-19-13-17-29-14-10-11-18-30(29)32)35(39-34)41-22-20-36(25-37,21-23-41)42-43(5,6)7;/h10-12,14-16,18,32H,8-9,13,17,19-24H2,1-7H3;1H4/t32-;/m0./s1. The molecule has 1 fully saturated rings. The Hall–Kier alpha value is -3.05. The van der Waals surface area contributed by atoms with Gasteiger partial charge in [0.1, 0.15) is 11.4 Å². The van der Waals surface area contributed by atoms with E-state index in [2.05, 4.69) is 106 Å². The van der Waals surface area contributed by atoms with E-state index in [-0.39, 0.29) is 7.43 Å². The normalized spacial score (nSPS) is 18.0. The van der Waals surface area contributed by atoms with Crippen LogP contribution in [-0.2, 0) is 30.2 Å². The molecule has 6 nitrogen and oxygen atoms in total. The number of aromatic nitrogens is 2. The van der Waals surface area contributed by atoms with Crippen LogP contribution in [0.3, 0.4) is 0 Å². The molecule has 0 N–H and O–H groups in total. The Kier molecular flexibility index (Phi) is 10.7. The third-order valence-electron chi connectivity index (χ3n) is 9.27. The molecule has 236 valence electrons. The first-order valence-electron chi connectivity index (χ1n) is 16.2. The fraction of sp³-hybridized carbons (Fsp3) is 0.541. The van der Waals surface area contributed by atoms with Gasteiger partial charge < -0.3 is 9.33 Å². The lowest BCUT2D eigenvalue weighted by molar-refractivity contribution is 0.0913. The van der Waals surface area contributed by atoms with Crippen molar-refractivity contribution in [2.45, 2.75) is 111 Å². The van der Waals surface area contributed by atoms with Crippen molar-refractivity contribution in [2.24, 2.45) is 0 Å². The lowest BCUT2D eigenvalue weighted by atomic mass is 9.87. The Labute approximate surface area is 267 Å². The molecule has 7 heteroatoms. The van der Waals surface area contributed by atoms with Crippen molar-refractivity contribution in [3.05, 3.63) is 76.0 Å². The molecule has 1 aliphatic carbocycles. The number of hydrogen-bond donors (Lipinski definition) is 0. The van der Waals surface area contributed by atoms with Gasteiger partial charge in [0.2, 0.25) is 0 Å². The van der Waals surface area contributed by atoms with Gasteiger partial charge in [-0.1, -0.05) is 63.7 Å². The fourth-order valence-electron chi connectivity index (χ4n) is 7.12. The van der Waals surface area contributed by atoms with Crippen LogP contribution in [0, 0.1) is 18.3 Å². The predicted octanol–water partition coefficient (Wildman–Crippen LogP) is 8.44. The highest BCUT2D eigenvalue weighted by Gasteiger charge is 2.40. The molecular weight excluding hydrogens is 559 g/mol. The molecule has 0 unspecified atom stereocenters. The van der Waals surface area contributed by atoms with E-state index in [0.29, 0.717) is 18.9 Å². The van der Waals surface area contributed by atoms with Crippen molar-refractivity contribution in [3.63, 3.8) is 0 Å². The van der Waals surface area contributed by atoms with Gasteiger partial charge in [-0.05, 0) is 88.0 Å². The third-order valence-corrected chi connectivity index (χ3v) is 10.3. The zero-order valence-electron chi connectivity index (χ0n) is 27.3. The number of nitrogens with zero attached hydrogens (tertiary/aromatic N) is 5. The minimum absolute atomic E-state index is 0. The molecule has 0 bridgehead atoms. The molecule has 0 amide bonds. The predicted molar refractivity (Wildman–Crippen MR) is 186 cm³/mol. The average molecular weight is 612 g/mol. The number of hydrogen-bond acceptors (Lipinski definition) is 6. The van der Waals surface area contributed by atoms with Gasteiger partial charge in [-0.25, -0.2) is 9.97 Å². The molecule has 2 aromatic carbocycles. The number of fused-ring (bicyclic) bond motifs is 1. The van der Waals surface area contributed by atoms with Crippen molar-refractivity contribution in [1.29, 1.82) is 5.26 Å². The van der Waals surface area contributed by atoms with Crippen LogP contribution >= 0.6 is 0 Å². The second-order valence-corrected chi connectivity index (χ2v) is 17.9. The maximum Gasteiger partial charge on any atom is 0.185 e. The summed E-state index contributed by atoms with van der Waals surface area (Å²) in [4.78, 5) is 15.5. The number of rotatable bonds is 9. The van der Waals surface area contributed by atoms with Crippen LogP contribution in [0.25, 0.3) is 11.4 Å². The Morgan fingerprint density at radius 2 is 1.68 bits per heavy atom. The number of nitriles is 1. The minimum Gasteiger partial charge on any atom is -0.400 e. The molecule has 2 aliphatic rings. The second-order valence-electron chi connectivity index (χ2n) is 13.4. The van der Waals surface area contributed by atoms with Gasteiger partial charge in [-0.3, -0.25) is 4.90 Å². The van der Waals surface area contributed by atoms with Crippen molar-refractivity contribution >= 4 is 14.1 Å². The molecule has 44 heavy (non-hydrogen) atoms. The molecule has 3 aromatic rings. The van der Waals surface area contributed by atoms with Crippen LogP contribution in [0.4, 0.5) is 5.82 Å². The van der Waals surface area contributed by atoms with Crippen molar-refractivity contribution in [3.8, 4) is 17.5 Å². The van der Waals surface area contributed by atoms with Crippen LogP contribution in [0.15, 0.2) is 42.5 Å². The summed E-state index contributed by atoms with van der Waals surface area (Å²) in [6.07, 6.45) is 6.77. The van der Waals surface area contributed by atoms with Crippen LogP contribution in [0.1, 0.15) is 86.5 Å². The highest BCUT2D eigenvalue weighted by Crippen LogP contribution is 2.38. The lowest BCUT2D eigenvalue weighted by Gasteiger charge is -2.42. The van der Waals surface area contributed by atoms with Crippen molar-refractivity contribution in [2.75, 3.05) is 25.0 Å². The SMILES string of the molecule is C.CCc1cccc(CC)c1-c1nc(C)c(CN(C)[C@H]2CCCc3ccccc32)c(N2CCC(C#N)(O[Si](C)(C)C)CC2)n1. The smallest absolute Gasteiger partial charge is 0.185 e. The van der Waals surface area contributed by atoms with E-state index in [1.54, 1.807) is 0 Å². The largest absolute Gasteiger partial charge is 0.400 e.